The van der Waals surface area contributed by atoms with Crippen molar-refractivity contribution in [3.63, 3.8) is 0 Å². The molecular formula is C18H21N7. The lowest BCUT2D eigenvalue weighted by atomic mass is 10.1. The highest BCUT2D eigenvalue weighted by molar-refractivity contribution is 5.57. The van der Waals surface area contributed by atoms with Crippen LogP contribution in [-0.2, 0) is 19.4 Å². The fourth-order valence-electron chi connectivity index (χ4n) is 3.14. The van der Waals surface area contributed by atoms with Gasteiger partial charge in [-0.05, 0) is 31.9 Å². The largest absolute Gasteiger partial charge is 0.365 e. The number of fused-ring (bicyclic) bond motifs is 1. The van der Waals surface area contributed by atoms with Gasteiger partial charge >= 0.3 is 0 Å². The molecular weight excluding hydrogens is 314 g/mol. The van der Waals surface area contributed by atoms with E-state index >= 15 is 0 Å². The Morgan fingerprint density at radius 2 is 2.04 bits per heavy atom. The summed E-state index contributed by atoms with van der Waals surface area (Å²) in [5.74, 6) is 3.51. The second-order valence-corrected chi connectivity index (χ2v) is 6.29. The Morgan fingerprint density at radius 3 is 2.84 bits per heavy atom. The number of aryl methyl sites for hydroxylation is 3. The number of hydrogen-bond donors (Lipinski definition) is 1. The van der Waals surface area contributed by atoms with Crippen molar-refractivity contribution in [3.8, 4) is 11.4 Å². The summed E-state index contributed by atoms with van der Waals surface area (Å²) in [4.78, 5) is 17.9. The lowest BCUT2D eigenvalue weighted by molar-refractivity contribution is 0.440. The Balaban J connectivity index is 1.58. The summed E-state index contributed by atoms with van der Waals surface area (Å²) in [7, 11) is 0. The number of rotatable bonds is 4. The van der Waals surface area contributed by atoms with Crippen molar-refractivity contribution >= 4 is 5.82 Å². The van der Waals surface area contributed by atoms with E-state index in [1.54, 1.807) is 12.4 Å². The summed E-state index contributed by atoms with van der Waals surface area (Å²) in [6.45, 7) is 4.85. The minimum absolute atomic E-state index is 0.290. The zero-order valence-electron chi connectivity index (χ0n) is 14.5. The number of hydrogen-bond acceptors (Lipinski definition) is 6. The average molecular weight is 335 g/mol. The van der Waals surface area contributed by atoms with E-state index in [0.29, 0.717) is 6.04 Å². The Morgan fingerprint density at radius 1 is 1.20 bits per heavy atom. The van der Waals surface area contributed by atoms with Gasteiger partial charge in [-0.1, -0.05) is 6.92 Å². The molecule has 7 nitrogen and oxygen atoms in total. The molecule has 0 amide bonds. The molecule has 4 heterocycles. The third-order valence-electron chi connectivity index (χ3n) is 4.40. The van der Waals surface area contributed by atoms with E-state index in [4.69, 9.17) is 4.98 Å². The van der Waals surface area contributed by atoms with E-state index in [9.17, 15) is 0 Å². The zero-order chi connectivity index (χ0) is 17.2. The van der Waals surface area contributed by atoms with Crippen LogP contribution >= 0.6 is 0 Å². The molecule has 1 atom stereocenters. The third-order valence-corrected chi connectivity index (χ3v) is 4.40. The van der Waals surface area contributed by atoms with Crippen LogP contribution in [0.3, 0.4) is 0 Å². The fourth-order valence-corrected chi connectivity index (χ4v) is 3.14. The van der Waals surface area contributed by atoms with Crippen LogP contribution in [0.1, 0.15) is 30.7 Å². The van der Waals surface area contributed by atoms with Crippen LogP contribution in [0.2, 0.25) is 0 Å². The van der Waals surface area contributed by atoms with Crippen LogP contribution in [-0.4, -0.2) is 35.8 Å². The van der Waals surface area contributed by atoms with Gasteiger partial charge in [-0.15, -0.1) is 0 Å². The molecule has 3 aromatic rings. The van der Waals surface area contributed by atoms with Crippen LogP contribution in [0.5, 0.6) is 0 Å². The van der Waals surface area contributed by atoms with Crippen LogP contribution in [0.25, 0.3) is 11.4 Å². The summed E-state index contributed by atoms with van der Waals surface area (Å²) in [6.07, 6.45) is 6.35. The Labute approximate surface area is 146 Å². The van der Waals surface area contributed by atoms with Gasteiger partial charge in [-0.25, -0.2) is 19.6 Å². The van der Waals surface area contributed by atoms with Gasteiger partial charge in [0.25, 0.3) is 0 Å². The van der Waals surface area contributed by atoms with Crippen LogP contribution in [0, 0.1) is 6.92 Å². The molecule has 7 heteroatoms. The second kappa shape index (κ2) is 6.58. The molecule has 1 aliphatic heterocycles. The summed E-state index contributed by atoms with van der Waals surface area (Å²) >= 11 is 0. The fraction of sp³-hybridized carbons (Fsp3) is 0.389. The van der Waals surface area contributed by atoms with Crippen molar-refractivity contribution in [2.45, 2.75) is 45.7 Å². The number of anilines is 1. The molecule has 25 heavy (non-hydrogen) atoms. The van der Waals surface area contributed by atoms with Gasteiger partial charge in [0, 0.05) is 42.2 Å². The van der Waals surface area contributed by atoms with Crippen LogP contribution in [0.15, 0.2) is 30.6 Å². The number of pyridine rings is 1. The molecule has 3 aromatic heterocycles. The van der Waals surface area contributed by atoms with E-state index in [-0.39, 0.29) is 0 Å². The quantitative estimate of drug-likeness (QED) is 0.788. The number of nitrogens with zero attached hydrogens (tertiary/aromatic N) is 6. The first-order chi connectivity index (χ1) is 12.2. The standard InChI is InChI=1S/C18H21N7/c1-3-14-10-16(23-18(22-14)13-6-8-19-9-7-13)21-15-4-5-17-20-12(2)24-25(17)11-15/h6-10,15H,3-5,11H2,1-2H3,(H,21,22,23). The third kappa shape index (κ3) is 3.35. The maximum Gasteiger partial charge on any atom is 0.161 e. The predicted molar refractivity (Wildman–Crippen MR) is 95.1 cm³/mol. The molecule has 4 rings (SSSR count). The van der Waals surface area contributed by atoms with Crippen molar-refractivity contribution in [1.29, 1.82) is 0 Å². The van der Waals surface area contributed by atoms with Gasteiger partial charge < -0.3 is 5.32 Å². The monoisotopic (exact) mass is 335 g/mol. The van der Waals surface area contributed by atoms with Crippen molar-refractivity contribution in [2.24, 2.45) is 0 Å². The first-order valence-electron chi connectivity index (χ1n) is 8.66. The normalized spacial score (nSPS) is 16.5. The maximum absolute atomic E-state index is 4.71. The highest BCUT2D eigenvalue weighted by atomic mass is 15.4. The second-order valence-electron chi connectivity index (χ2n) is 6.29. The topological polar surface area (TPSA) is 81.4 Å². The van der Waals surface area contributed by atoms with Crippen molar-refractivity contribution < 1.29 is 0 Å². The van der Waals surface area contributed by atoms with E-state index in [0.717, 1.165) is 60.4 Å². The van der Waals surface area contributed by atoms with E-state index in [1.807, 2.05) is 29.8 Å². The molecule has 0 spiro atoms. The predicted octanol–water partition coefficient (Wildman–Crippen LogP) is 2.43. The molecule has 1 N–H and O–H groups in total. The van der Waals surface area contributed by atoms with Gasteiger partial charge in [0.1, 0.15) is 17.5 Å². The minimum atomic E-state index is 0.290. The van der Waals surface area contributed by atoms with Crippen molar-refractivity contribution in [3.05, 3.63) is 47.9 Å². The lowest BCUT2D eigenvalue weighted by Crippen LogP contribution is -2.32. The SMILES string of the molecule is CCc1cc(NC2CCc3nc(C)nn3C2)nc(-c2ccncc2)n1. The molecule has 0 saturated carbocycles. The van der Waals surface area contributed by atoms with E-state index < -0.39 is 0 Å². The highest BCUT2D eigenvalue weighted by Crippen LogP contribution is 2.21. The maximum atomic E-state index is 4.71. The molecule has 0 aliphatic carbocycles. The van der Waals surface area contributed by atoms with E-state index in [1.165, 1.54) is 0 Å². The van der Waals surface area contributed by atoms with Gasteiger partial charge in [-0.3, -0.25) is 4.98 Å². The summed E-state index contributed by atoms with van der Waals surface area (Å²) in [5.41, 5.74) is 2.00. The van der Waals surface area contributed by atoms with Crippen LogP contribution < -0.4 is 5.32 Å². The summed E-state index contributed by atoms with van der Waals surface area (Å²) in [6, 6.07) is 6.19. The van der Waals surface area contributed by atoms with Gasteiger partial charge in [0.05, 0.1) is 6.54 Å². The van der Waals surface area contributed by atoms with Gasteiger partial charge in [0.2, 0.25) is 0 Å². The van der Waals surface area contributed by atoms with E-state index in [2.05, 4.69) is 32.3 Å². The lowest BCUT2D eigenvalue weighted by Gasteiger charge is -2.24. The molecule has 128 valence electrons. The average Bonchev–Trinajstić information content (AvgIpc) is 3.01. The number of nitrogens with one attached hydrogen (secondary N) is 1. The first-order valence-corrected chi connectivity index (χ1v) is 8.66. The van der Waals surface area contributed by atoms with Gasteiger partial charge in [-0.2, -0.15) is 5.10 Å². The Hall–Kier alpha value is -2.83. The molecule has 0 aromatic carbocycles. The summed E-state index contributed by atoms with van der Waals surface area (Å²) < 4.78 is 2.00. The molecule has 0 saturated heterocycles. The Bertz CT molecular complexity index is 872. The number of aromatic nitrogens is 6. The first kappa shape index (κ1) is 15.7. The Kier molecular flexibility index (Phi) is 4.13. The van der Waals surface area contributed by atoms with Crippen LogP contribution in [0.4, 0.5) is 5.82 Å². The van der Waals surface area contributed by atoms with Crippen molar-refractivity contribution in [2.75, 3.05) is 5.32 Å². The minimum Gasteiger partial charge on any atom is -0.365 e. The van der Waals surface area contributed by atoms with Gasteiger partial charge in [0.15, 0.2) is 5.82 Å². The molecule has 1 unspecified atom stereocenters. The summed E-state index contributed by atoms with van der Waals surface area (Å²) in [5, 5.41) is 8.03. The molecule has 0 fully saturated rings. The van der Waals surface area contributed by atoms with Crippen molar-refractivity contribution in [1.82, 2.24) is 29.7 Å². The molecule has 1 aliphatic rings. The smallest absolute Gasteiger partial charge is 0.161 e. The highest BCUT2D eigenvalue weighted by Gasteiger charge is 2.21. The molecule has 0 radical (unpaired) electrons. The molecule has 0 bridgehead atoms. The zero-order valence-corrected chi connectivity index (χ0v) is 14.5.